The molecular weight excluding hydrogens is 468 g/mol. The van der Waals surface area contributed by atoms with Crippen molar-refractivity contribution in [2.45, 2.75) is 13.5 Å². The Morgan fingerprint density at radius 1 is 0.946 bits per heavy atom. The van der Waals surface area contributed by atoms with Gasteiger partial charge in [0.2, 0.25) is 0 Å². The Morgan fingerprint density at radius 3 is 2.49 bits per heavy atom. The van der Waals surface area contributed by atoms with E-state index in [1.807, 2.05) is 37.3 Å². The minimum atomic E-state index is -1.18. The smallest absolute Gasteiger partial charge is 0.337 e. The number of hydrogen-bond donors (Lipinski definition) is 2. The molecule has 0 radical (unpaired) electrons. The Hall–Kier alpha value is -5.09. The van der Waals surface area contributed by atoms with Gasteiger partial charge in [-0.3, -0.25) is 4.79 Å². The first-order valence-corrected chi connectivity index (χ1v) is 11.6. The zero-order valence-corrected chi connectivity index (χ0v) is 20.1. The van der Waals surface area contributed by atoms with Gasteiger partial charge in [-0.15, -0.1) is 0 Å². The number of carboxylic acids is 1. The summed E-state index contributed by atoms with van der Waals surface area (Å²) in [4.78, 5) is 24.1. The van der Waals surface area contributed by atoms with Gasteiger partial charge in [-0.1, -0.05) is 60.7 Å². The van der Waals surface area contributed by atoms with Crippen LogP contribution in [0, 0.1) is 11.3 Å². The van der Waals surface area contributed by atoms with Crippen LogP contribution in [0.25, 0.3) is 16.8 Å². The second-order valence-corrected chi connectivity index (χ2v) is 8.04. The highest BCUT2D eigenvalue weighted by Gasteiger charge is 2.15. The van der Waals surface area contributed by atoms with Crippen LogP contribution in [0.2, 0.25) is 0 Å². The molecule has 0 atom stereocenters. The lowest BCUT2D eigenvalue weighted by molar-refractivity contribution is -0.112. The molecule has 184 valence electrons. The first kappa shape index (κ1) is 25.0. The number of rotatable bonds is 9. The maximum Gasteiger partial charge on any atom is 0.337 e. The average molecular weight is 493 g/mol. The fraction of sp³-hybridized carbons (Fsp3) is 0.100. The van der Waals surface area contributed by atoms with Gasteiger partial charge < -0.3 is 19.9 Å². The Kier molecular flexibility index (Phi) is 7.82. The van der Waals surface area contributed by atoms with E-state index in [1.165, 1.54) is 18.2 Å². The van der Waals surface area contributed by atoms with E-state index in [-0.39, 0.29) is 16.8 Å². The molecule has 0 fully saturated rings. The molecule has 4 aromatic carbocycles. The van der Waals surface area contributed by atoms with Gasteiger partial charge in [-0.25, -0.2) is 4.79 Å². The van der Waals surface area contributed by atoms with E-state index >= 15 is 0 Å². The zero-order chi connectivity index (χ0) is 26.2. The number of nitriles is 1. The van der Waals surface area contributed by atoms with Gasteiger partial charge in [0.05, 0.1) is 17.9 Å². The molecule has 4 aromatic rings. The Balaban J connectivity index is 1.55. The molecular formula is C30H24N2O5. The van der Waals surface area contributed by atoms with Gasteiger partial charge in [-0.05, 0) is 59.2 Å². The van der Waals surface area contributed by atoms with Crippen molar-refractivity contribution in [2.24, 2.45) is 0 Å². The zero-order valence-electron chi connectivity index (χ0n) is 20.1. The minimum absolute atomic E-state index is 0.0699. The number of fused-ring (bicyclic) bond motifs is 1. The highest BCUT2D eigenvalue weighted by molar-refractivity contribution is 6.11. The van der Waals surface area contributed by atoms with Crippen LogP contribution in [0.15, 0.2) is 90.5 Å². The van der Waals surface area contributed by atoms with Crippen molar-refractivity contribution < 1.29 is 24.2 Å². The summed E-state index contributed by atoms with van der Waals surface area (Å²) in [6.07, 6.45) is 1.41. The average Bonchev–Trinajstić information content (AvgIpc) is 2.91. The van der Waals surface area contributed by atoms with Crippen molar-refractivity contribution >= 4 is 34.4 Å². The Bertz CT molecular complexity index is 1530. The normalized spacial score (nSPS) is 11.0. The molecule has 1 amide bonds. The number of carbonyl (C=O) groups excluding carboxylic acids is 1. The summed E-state index contributed by atoms with van der Waals surface area (Å²) in [6.45, 7) is 2.59. The third-order valence-corrected chi connectivity index (χ3v) is 5.61. The molecule has 7 heteroatoms. The molecule has 0 saturated carbocycles. The molecule has 7 nitrogen and oxygen atoms in total. The standard InChI is InChI=1S/C30H24N2O5/c1-2-36-28-17-20(16-23(18-31)29(33)32-26-13-6-5-12-25(26)30(34)35)14-15-27(28)37-19-22-10-7-9-21-8-3-4-11-24(21)22/h3-17H,2,19H2,1H3,(H,32,33)(H,34,35). The first-order valence-electron chi connectivity index (χ1n) is 11.6. The molecule has 37 heavy (non-hydrogen) atoms. The van der Waals surface area contributed by atoms with Gasteiger partial charge in [0, 0.05) is 0 Å². The predicted molar refractivity (Wildman–Crippen MR) is 142 cm³/mol. The summed E-state index contributed by atoms with van der Waals surface area (Å²) >= 11 is 0. The largest absolute Gasteiger partial charge is 0.490 e. The second kappa shape index (κ2) is 11.6. The SMILES string of the molecule is CCOc1cc(C=C(C#N)C(=O)Nc2ccccc2C(=O)O)ccc1OCc1cccc2ccccc12. The summed E-state index contributed by atoms with van der Waals surface area (Å²) in [5.74, 6) is -0.889. The van der Waals surface area contributed by atoms with Gasteiger partial charge >= 0.3 is 5.97 Å². The molecule has 0 aliphatic carbocycles. The van der Waals surface area contributed by atoms with E-state index in [0.29, 0.717) is 30.3 Å². The van der Waals surface area contributed by atoms with Crippen LogP contribution in [0.5, 0.6) is 11.5 Å². The third kappa shape index (κ3) is 5.95. The fourth-order valence-electron chi connectivity index (χ4n) is 3.86. The number of nitrogens with one attached hydrogen (secondary N) is 1. The van der Waals surface area contributed by atoms with Crippen molar-refractivity contribution in [3.05, 3.63) is 107 Å². The summed E-state index contributed by atoms with van der Waals surface area (Å²) in [6, 6.07) is 27.1. The number of carbonyl (C=O) groups is 2. The van der Waals surface area contributed by atoms with E-state index < -0.39 is 11.9 Å². The van der Waals surface area contributed by atoms with Crippen LogP contribution in [0.1, 0.15) is 28.4 Å². The van der Waals surface area contributed by atoms with Crippen molar-refractivity contribution in [2.75, 3.05) is 11.9 Å². The van der Waals surface area contributed by atoms with E-state index in [2.05, 4.69) is 23.5 Å². The second-order valence-electron chi connectivity index (χ2n) is 8.04. The van der Waals surface area contributed by atoms with Crippen LogP contribution in [0.4, 0.5) is 5.69 Å². The number of carboxylic acid groups (broad SMARTS) is 1. The maximum atomic E-state index is 12.7. The molecule has 0 aliphatic heterocycles. The highest BCUT2D eigenvalue weighted by Crippen LogP contribution is 2.31. The van der Waals surface area contributed by atoms with E-state index in [4.69, 9.17) is 9.47 Å². The molecule has 2 N–H and O–H groups in total. The van der Waals surface area contributed by atoms with Crippen LogP contribution in [-0.2, 0) is 11.4 Å². The van der Waals surface area contributed by atoms with Crippen LogP contribution in [0.3, 0.4) is 0 Å². The van der Waals surface area contributed by atoms with Crippen molar-refractivity contribution in [1.29, 1.82) is 5.26 Å². The summed E-state index contributed by atoms with van der Waals surface area (Å²) in [5, 5.41) is 23.7. The van der Waals surface area contributed by atoms with Gasteiger partial charge in [0.15, 0.2) is 11.5 Å². The quantitative estimate of drug-likeness (QED) is 0.217. The molecule has 0 bridgehead atoms. The van der Waals surface area contributed by atoms with Crippen molar-refractivity contribution in [1.82, 2.24) is 0 Å². The molecule has 0 aliphatic rings. The van der Waals surface area contributed by atoms with Crippen LogP contribution < -0.4 is 14.8 Å². The number of para-hydroxylation sites is 1. The highest BCUT2D eigenvalue weighted by atomic mass is 16.5. The van der Waals surface area contributed by atoms with Crippen molar-refractivity contribution in [3.63, 3.8) is 0 Å². The topological polar surface area (TPSA) is 109 Å². The minimum Gasteiger partial charge on any atom is -0.490 e. The van der Waals surface area contributed by atoms with Gasteiger partial charge in [0.1, 0.15) is 18.2 Å². The van der Waals surface area contributed by atoms with Crippen molar-refractivity contribution in [3.8, 4) is 17.6 Å². The number of anilines is 1. The lowest BCUT2D eigenvalue weighted by atomic mass is 10.1. The molecule has 0 heterocycles. The maximum absolute atomic E-state index is 12.7. The van der Waals surface area contributed by atoms with E-state index in [1.54, 1.807) is 30.3 Å². The number of aromatic carboxylic acids is 1. The molecule has 0 saturated heterocycles. The Morgan fingerprint density at radius 2 is 1.70 bits per heavy atom. The number of hydrogen-bond acceptors (Lipinski definition) is 5. The van der Waals surface area contributed by atoms with Crippen LogP contribution in [-0.4, -0.2) is 23.6 Å². The lowest BCUT2D eigenvalue weighted by Gasteiger charge is -2.14. The van der Waals surface area contributed by atoms with Gasteiger partial charge in [-0.2, -0.15) is 5.26 Å². The first-order chi connectivity index (χ1) is 18.0. The number of ether oxygens (including phenoxy) is 2. The molecule has 0 unspecified atom stereocenters. The number of amides is 1. The molecule has 0 spiro atoms. The predicted octanol–water partition coefficient (Wildman–Crippen LogP) is 6.06. The number of benzene rings is 4. The summed E-state index contributed by atoms with van der Waals surface area (Å²) in [7, 11) is 0. The summed E-state index contributed by atoms with van der Waals surface area (Å²) < 4.78 is 11.9. The summed E-state index contributed by atoms with van der Waals surface area (Å²) in [5.41, 5.74) is 1.44. The number of nitrogens with zero attached hydrogens (tertiary/aromatic N) is 1. The molecule has 0 aromatic heterocycles. The van der Waals surface area contributed by atoms with E-state index in [0.717, 1.165) is 16.3 Å². The van der Waals surface area contributed by atoms with E-state index in [9.17, 15) is 20.0 Å². The Labute approximate surface area is 214 Å². The lowest BCUT2D eigenvalue weighted by Crippen LogP contribution is -2.16. The van der Waals surface area contributed by atoms with Gasteiger partial charge in [0.25, 0.3) is 5.91 Å². The molecule has 4 rings (SSSR count). The monoisotopic (exact) mass is 492 g/mol. The third-order valence-electron chi connectivity index (χ3n) is 5.61. The van der Waals surface area contributed by atoms with Crippen LogP contribution >= 0.6 is 0 Å². The fourth-order valence-corrected chi connectivity index (χ4v) is 3.86.